The van der Waals surface area contributed by atoms with Gasteiger partial charge in [-0.15, -0.1) is 11.8 Å². The van der Waals surface area contributed by atoms with Gasteiger partial charge in [-0.05, 0) is 46.3 Å². The van der Waals surface area contributed by atoms with Gasteiger partial charge in [-0.2, -0.15) is 0 Å². The van der Waals surface area contributed by atoms with Crippen LogP contribution in [-0.2, 0) is 5.75 Å². The van der Waals surface area contributed by atoms with Crippen molar-refractivity contribution in [3.8, 4) is 11.5 Å². The summed E-state index contributed by atoms with van der Waals surface area (Å²) in [7, 11) is 3.23. The summed E-state index contributed by atoms with van der Waals surface area (Å²) in [5, 5.41) is 3.52. The van der Waals surface area contributed by atoms with E-state index in [0.717, 1.165) is 17.1 Å². The highest BCUT2D eigenvalue weighted by atomic mass is 79.9. The van der Waals surface area contributed by atoms with E-state index in [9.17, 15) is 4.79 Å². The summed E-state index contributed by atoms with van der Waals surface area (Å²) in [5.74, 6) is 1.84. The van der Waals surface area contributed by atoms with Crippen molar-refractivity contribution < 1.29 is 14.3 Å². The number of anilines is 1. The lowest BCUT2D eigenvalue weighted by Crippen LogP contribution is -2.13. The Hall–Kier alpha value is -2.58. The maximum absolute atomic E-state index is 12.7. The summed E-state index contributed by atoms with van der Waals surface area (Å²) in [4.78, 5) is 21.2. The standard InChI is InChI=1S/C20H18BrN3O3S/c1-26-15-6-5-13(17(11-15)27-2)12-28-20-16(4-3-8-23-20)19(25)24-14-7-9-22-18(21)10-14/h3-11H,12H2,1-2H3,(H,22,24,25). The predicted molar refractivity (Wildman–Crippen MR) is 113 cm³/mol. The highest BCUT2D eigenvalue weighted by Gasteiger charge is 2.14. The number of thioether (sulfide) groups is 1. The molecular weight excluding hydrogens is 442 g/mol. The number of rotatable bonds is 7. The van der Waals surface area contributed by atoms with E-state index in [1.165, 1.54) is 11.8 Å². The molecule has 0 saturated heterocycles. The maximum atomic E-state index is 12.7. The lowest BCUT2D eigenvalue weighted by atomic mass is 10.2. The molecule has 1 aromatic carbocycles. The molecule has 0 aliphatic rings. The molecule has 3 aromatic rings. The lowest BCUT2D eigenvalue weighted by Gasteiger charge is -2.12. The Morgan fingerprint density at radius 2 is 1.96 bits per heavy atom. The molecule has 8 heteroatoms. The number of halogens is 1. The van der Waals surface area contributed by atoms with E-state index in [1.807, 2.05) is 18.2 Å². The van der Waals surface area contributed by atoms with Crippen LogP contribution < -0.4 is 14.8 Å². The number of nitrogens with one attached hydrogen (secondary N) is 1. The van der Waals surface area contributed by atoms with E-state index < -0.39 is 0 Å². The van der Waals surface area contributed by atoms with E-state index in [0.29, 0.717) is 26.6 Å². The second-order valence-electron chi connectivity index (χ2n) is 5.64. The number of carbonyl (C=O) groups is 1. The van der Waals surface area contributed by atoms with E-state index in [4.69, 9.17) is 9.47 Å². The van der Waals surface area contributed by atoms with Crippen LogP contribution in [-0.4, -0.2) is 30.1 Å². The van der Waals surface area contributed by atoms with Crippen molar-refractivity contribution >= 4 is 39.3 Å². The highest BCUT2D eigenvalue weighted by molar-refractivity contribution is 9.10. The number of nitrogens with zero attached hydrogens (tertiary/aromatic N) is 2. The molecule has 0 bridgehead atoms. The van der Waals surface area contributed by atoms with Crippen molar-refractivity contribution in [1.29, 1.82) is 0 Å². The third-order valence-electron chi connectivity index (χ3n) is 3.86. The van der Waals surface area contributed by atoms with E-state index >= 15 is 0 Å². The Labute approximate surface area is 175 Å². The van der Waals surface area contributed by atoms with Gasteiger partial charge in [0.05, 0.1) is 19.8 Å². The van der Waals surface area contributed by atoms with Crippen LogP contribution in [0.2, 0.25) is 0 Å². The molecule has 0 aliphatic carbocycles. The average Bonchev–Trinajstić information content (AvgIpc) is 2.72. The van der Waals surface area contributed by atoms with Gasteiger partial charge in [-0.1, -0.05) is 6.07 Å². The zero-order valence-electron chi connectivity index (χ0n) is 15.3. The molecule has 1 amide bonds. The summed E-state index contributed by atoms with van der Waals surface area (Å²) < 4.78 is 11.3. The fraction of sp³-hybridized carbons (Fsp3) is 0.150. The van der Waals surface area contributed by atoms with Crippen LogP contribution in [0, 0.1) is 0 Å². The molecule has 0 radical (unpaired) electrons. The minimum Gasteiger partial charge on any atom is -0.497 e. The molecule has 0 saturated carbocycles. The van der Waals surface area contributed by atoms with Crippen molar-refractivity contribution in [1.82, 2.24) is 9.97 Å². The number of amides is 1. The zero-order chi connectivity index (χ0) is 19.9. The first kappa shape index (κ1) is 20.2. The second kappa shape index (κ2) is 9.57. The Morgan fingerprint density at radius 1 is 1.11 bits per heavy atom. The first-order chi connectivity index (χ1) is 13.6. The monoisotopic (exact) mass is 459 g/mol. The van der Waals surface area contributed by atoms with Gasteiger partial charge in [-0.25, -0.2) is 9.97 Å². The van der Waals surface area contributed by atoms with E-state index in [-0.39, 0.29) is 5.91 Å². The molecule has 0 spiro atoms. The van der Waals surface area contributed by atoms with Crippen molar-refractivity contribution in [2.75, 3.05) is 19.5 Å². The van der Waals surface area contributed by atoms with Gasteiger partial charge in [0.25, 0.3) is 5.91 Å². The first-order valence-electron chi connectivity index (χ1n) is 8.32. The number of ether oxygens (including phenoxy) is 2. The van der Waals surface area contributed by atoms with Crippen LogP contribution in [0.15, 0.2) is 64.5 Å². The highest BCUT2D eigenvalue weighted by Crippen LogP contribution is 2.31. The van der Waals surface area contributed by atoms with Gasteiger partial charge >= 0.3 is 0 Å². The summed E-state index contributed by atoms with van der Waals surface area (Å²) in [5.41, 5.74) is 2.15. The maximum Gasteiger partial charge on any atom is 0.258 e. The third kappa shape index (κ3) is 5.02. The SMILES string of the molecule is COc1ccc(CSc2ncccc2C(=O)Nc2ccnc(Br)c2)c(OC)c1. The molecule has 28 heavy (non-hydrogen) atoms. The second-order valence-corrected chi connectivity index (χ2v) is 7.42. The van der Waals surface area contributed by atoms with Crippen molar-refractivity contribution in [3.63, 3.8) is 0 Å². The van der Waals surface area contributed by atoms with E-state index in [2.05, 4.69) is 31.2 Å². The quantitative estimate of drug-likeness (QED) is 0.403. The Balaban J connectivity index is 1.76. The minimum atomic E-state index is -0.226. The summed E-state index contributed by atoms with van der Waals surface area (Å²) in [6.45, 7) is 0. The number of hydrogen-bond donors (Lipinski definition) is 1. The molecule has 0 fully saturated rings. The van der Waals surface area contributed by atoms with Gasteiger partial charge in [0.2, 0.25) is 0 Å². The minimum absolute atomic E-state index is 0.226. The zero-order valence-corrected chi connectivity index (χ0v) is 17.7. The summed E-state index contributed by atoms with van der Waals surface area (Å²) >= 11 is 4.77. The Bertz CT molecular complexity index is 984. The van der Waals surface area contributed by atoms with Crippen LogP contribution in [0.5, 0.6) is 11.5 Å². The van der Waals surface area contributed by atoms with Crippen molar-refractivity contribution in [2.24, 2.45) is 0 Å². The first-order valence-corrected chi connectivity index (χ1v) is 10.1. The van der Waals surface area contributed by atoms with Gasteiger partial charge in [0.15, 0.2) is 0 Å². The largest absolute Gasteiger partial charge is 0.497 e. The fourth-order valence-electron chi connectivity index (χ4n) is 2.47. The molecule has 2 aromatic heterocycles. The smallest absolute Gasteiger partial charge is 0.258 e. The van der Waals surface area contributed by atoms with Gasteiger partial charge < -0.3 is 14.8 Å². The normalized spacial score (nSPS) is 10.4. The molecule has 1 N–H and O–H groups in total. The van der Waals surface area contributed by atoms with E-state index in [1.54, 1.807) is 50.9 Å². The number of methoxy groups -OCH3 is 2. The topological polar surface area (TPSA) is 73.3 Å². The number of pyridine rings is 2. The van der Waals surface area contributed by atoms with Crippen LogP contribution in [0.1, 0.15) is 15.9 Å². The van der Waals surface area contributed by atoms with Crippen LogP contribution in [0.3, 0.4) is 0 Å². The summed E-state index contributed by atoms with van der Waals surface area (Å²) in [6, 6.07) is 12.6. The van der Waals surface area contributed by atoms with Crippen LogP contribution in [0.4, 0.5) is 5.69 Å². The Kier molecular flexibility index (Phi) is 6.89. The van der Waals surface area contributed by atoms with Gasteiger partial charge in [0.1, 0.15) is 21.1 Å². The van der Waals surface area contributed by atoms with Crippen LogP contribution in [0.25, 0.3) is 0 Å². The number of carbonyl (C=O) groups excluding carboxylic acids is 1. The molecule has 0 atom stereocenters. The molecule has 6 nitrogen and oxygen atoms in total. The molecule has 3 rings (SSSR count). The van der Waals surface area contributed by atoms with Crippen LogP contribution >= 0.6 is 27.7 Å². The third-order valence-corrected chi connectivity index (χ3v) is 5.35. The number of benzene rings is 1. The summed E-state index contributed by atoms with van der Waals surface area (Å²) in [6.07, 6.45) is 3.29. The molecule has 0 aliphatic heterocycles. The lowest BCUT2D eigenvalue weighted by molar-refractivity contribution is 0.102. The predicted octanol–water partition coefficient (Wildman–Crippen LogP) is 4.80. The number of hydrogen-bond acceptors (Lipinski definition) is 6. The van der Waals surface area contributed by atoms with Gasteiger partial charge in [-0.3, -0.25) is 4.79 Å². The van der Waals surface area contributed by atoms with Crippen molar-refractivity contribution in [3.05, 3.63) is 70.6 Å². The Morgan fingerprint density at radius 3 is 2.71 bits per heavy atom. The molecular formula is C20H18BrN3O3S. The van der Waals surface area contributed by atoms with Crippen molar-refractivity contribution in [2.45, 2.75) is 10.8 Å². The molecule has 144 valence electrons. The fourth-order valence-corrected chi connectivity index (χ4v) is 3.82. The van der Waals surface area contributed by atoms with Gasteiger partial charge in [0, 0.05) is 35.5 Å². The number of aromatic nitrogens is 2. The average molecular weight is 460 g/mol. The molecule has 0 unspecified atom stereocenters. The molecule has 2 heterocycles.